The van der Waals surface area contributed by atoms with Crippen LogP contribution in [-0.2, 0) is 16.6 Å². The molecule has 0 atom stereocenters. The van der Waals surface area contributed by atoms with Crippen LogP contribution in [0.1, 0.15) is 32.3 Å². The molecule has 0 aromatic carbocycles. The van der Waals surface area contributed by atoms with E-state index in [2.05, 4.69) is 10.2 Å². The SMILES string of the molecule is CCCCN(CC)S(=O)(=O)c1[nH]ncc1CO. The maximum absolute atomic E-state index is 12.3. The van der Waals surface area contributed by atoms with Crippen LogP contribution in [-0.4, -0.2) is 41.1 Å². The van der Waals surface area contributed by atoms with Crippen molar-refractivity contribution in [2.75, 3.05) is 13.1 Å². The van der Waals surface area contributed by atoms with Crippen molar-refractivity contribution >= 4 is 10.0 Å². The minimum atomic E-state index is -3.57. The lowest BCUT2D eigenvalue weighted by Crippen LogP contribution is -2.32. The van der Waals surface area contributed by atoms with Crippen LogP contribution >= 0.6 is 0 Å². The normalized spacial score (nSPS) is 12.2. The summed E-state index contributed by atoms with van der Waals surface area (Å²) in [5.41, 5.74) is 0.306. The van der Waals surface area contributed by atoms with Gasteiger partial charge < -0.3 is 5.11 Å². The van der Waals surface area contributed by atoms with Gasteiger partial charge in [-0.1, -0.05) is 20.3 Å². The van der Waals surface area contributed by atoms with E-state index in [1.807, 2.05) is 6.92 Å². The van der Waals surface area contributed by atoms with Gasteiger partial charge in [0.1, 0.15) is 0 Å². The summed E-state index contributed by atoms with van der Waals surface area (Å²) in [7, 11) is -3.57. The molecule has 0 aliphatic heterocycles. The summed E-state index contributed by atoms with van der Waals surface area (Å²) in [4.78, 5) is 0. The van der Waals surface area contributed by atoms with Gasteiger partial charge in [-0.2, -0.15) is 9.40 Å². The van der Waals surface area contributed by atoms with Crippen molar-refractivity contribution in [3.63, 3.8) is 0 Å². The highest BCUT2D eigenvalue weighted by atomic mass is 32.2. The third kappa shape index (κ3) is 3.05. The minimum Gasteiger partial charge on any atom is -0.392 e. The molecule has 1 aromatic heterocycles. The summed E-state index contributed by atoms with van der Waals surface area (Å²) in [5.74, 6) is 0. The van der Waals surface area contributed by atoms with E-state index in [4.69, 9.17) is 5.11 Å². The summed E-state index contributed by atoms with van der Waals surface area (Å²) in [5, 5.41) is 15.2. The summed E-state index contributed by atoms with van der Waals surface area (Å²) < 4.78 is 25.9. The van der Waals surface area contributed by atoms with Gasteiger partial charge in [-0.15, -0.1) is 0 Å². The average molecular weight is 261 g/mol. The summed E-state index contributed by atoms with van der Waals surface area (Å²) in [6, 6.07) is 0. The zero-order valence-electron chi connectivity index (χ0n) is 10.2. The molecule has 2 N–H and O–H groups in total. The van der Waals surface area contributed by atoms with E-state index >= 15 is 0 Å². The lowest BCUT2D eigenvalue weighted by atomic mass is 10.3. The van der Waals surface area contributed by atoms with Crippen LogP contribution < -0.4 is 0 Å². The molecule has 0 radical (unpaired) electrons. The molecule has 0 bridgehead atoms. The fourth-order valence-corrected chi connectivity index (χ4v) is 3.13. The van der Waals surface area contributed by atoms with Gasteiger partial charge in [0.2, 0.25) is 0 Å². The molecule has 1 rings (SSSR count). The van der Waals surface area contributed by atoms with Crippen molar-refractivity contribution in [1.82, 2.24) is 14.5 Å². The Labute approximate surface area is 102 Å². The number of aliphatic hydroxyl groups excluding tert-OH is 1. The predicted octanol–water partition coefficient (Wildman–Crippen LogP) is 0.713. The molecule has 6 nitrogen and oxygen atoms in total. The number of hydrogen-bond donors (Lipinski definition) is 2. The molecule has 1 heterocycles. The Hall–Kier alpha value is -0.920. The molecule has 0 saturated heterocycles. The van der Waals surface area contributed by atoms with E-state index in [0.717, 1.165) is 12.8 Å². The van der Waals surface area contributed by atoms with Gasteiger partial charge >= 0.3 is 0 Å². The Morgan fingerprint density at radius 2 is 2.18 bits per heavy atom. The van der Waals surface area contributed by atoms with Crippen molar-refractivity contribution in [2.24, 2.45) is 0 Å². The number of aliphatic hydroxyl groups is 1. The highest BCUT2D eigenvalue weighted by Crippen LogP contribution is 2.17. The fraction of sp³-hybridized carbons (Fsp3) is 0.700. The highest BCUT2D eigenvalue weighted by molar-refractivity contribution is 7.89. The predicted molar refractivity (Wildman–Crippen MR) is 63.9 cm³/mol. The van der Waals surface area contributed by atoms with Crippen molar-refractivity contribution < 1.29 is 13.5 Å². The minimum absolute atomic E-state index is 0.00190. The molecular weight excluding hydrogens is 242 g/mol. The van der Waals surface area contributed by atoms with Crippen molar-refractivity contribution in [3.8, 4) is 0 Å². The van der Waals surface area contributed by atoms with Gasteiger partial charge in [0.15, 0.2) is 5.03 Å². The molecule has 7 heteroatoms. The number of sulfonamides is 1. The van der Waals surface area contributed by atoms with Gasteiger partial charge in [0, 0.05) is 18.7 Å². The summed E-state index contributed by atoms with van der Waals surface area (Å²) >= 11 is 0. The van der Waals surface area contributed by atoms with Gasteiger partial charge in [-0.05, 0) is 6.42 Å². The lowest BCUT2D eigenvalue weighted by molar-refractivity contribution is 0.278. The number of aromatic nitrogens is 2. The van der Waals surface area contributed by atoms with E-state index < -0.39 is 10.0 Å². The number of aromatic amines is 1. The Morgan fingerprint density at radius 3 is 2.71 bits per heavy atom. The fourth-order valence-electron chi connectivity index (χ4n) is 1.55. The summed E-state index contributed by atoms with van der Waals surface area (Å²) in [6.07, 6.45) is 3.08. The molecule has 98 valence electrons. The second-order valence-corrected chi connectivity index (χ2v) is 5.61. The van der Waals surface area contributed by atoms with E-state index in [1.165, 1.54) is 10.5 Å². The van der Waals surface area contributed by atoms with Gasteiger partial charge in [-0.3, -0.25) is 5.10 Å². The molecule has 0 aliphatic rings. The zero-order chi connectivity index (χ0) is 12.9. The Morgan fingerprint density at radius 1 is 1.47 bits per heavy atom. The van der Waals surface area contributed by atoms with Crippen LogP contribution in [0, 0.1) is 0 Å². The Balaban J connectivity index is 3.00. The molecular formula is C10H19N3O3S. The zero-order valence-corrected chi connectivity index (χ0v) is 11.0. The van der Waals surface area contributed by atoms with E-state index in [1.54, 1.807) is 6.92 Å². The van der Waals surface area contributed by atoms with Crippen molar-refractivity contribution in [1.29, 1.82) is 0 Å². The Bertz CT molecular complexity index is 441. The number of nitrogens with zero attached hydrogens (tertiary/aromatic N) is 2. The first-order valence-electron chi connectivity index (χ1n) is 5.71. The van der Waals surface area contributed by atoms with Crippen LogP contribution in [0.5, 0.6) is 0 Å². The molecule has 17 heavy (non-hydrogen) atoms. The topological polar surface area (TPSA) is 86.3 Å². The smallest absolute Gasteiger partial charge is 0.260 e. The second-order valence-electron chi connectivity index (χ2n) is 3.73. The first kappa shape index (κ1) is 14.1. The van der Waals surface area contributed by atoms with Crippen molar-refractivity contribution in [2.45, 2.75) is 38.3 Å². The number of H-pyrrole nitrogens is 1. The molecule has 0 aliphatic carbocycles. The van der Waals surface area contributed by atoms with E-state index in [0.29, 0.717) is 18.7 Å². The first-order chi connectivity index (χ1) is 8.07. The first-order valence-corrected chi connectivity index (χ1v) is 7.15. The van der Waals surface area contributed by atoms with E-state index in [-0.39, 0.29) is 11.6 Å². The molecule has 0 saturated carbocycles. The van der Waals surface area contributed by atoms with Crippen LogP contribution in [0.25, 0.3) is 0 Å². The maximum Gasteiger partial charge on any atom is 0.260 e. The molecule has 0 fully saturated rings. The lowest BCUT2D eigenvalue weighted by Gasteiger charge is -2.19. The number of rotatable bonds is 7. The van der Waals surface area contributed by atoms with Gasteiger partial charge in [0.25, 0.3) is 10.0 Å². The van der Waals surface area contributed by atoms with Gasteiger partial charge in [-0.25, -0.2) is 8.42 Å². The highest BCUT2D eigenvalue weighted by Gasteiger charge is 2.26. The second kappa shape index (κ2) is 6.13. The molecule has 1 aromatic rings. The standard InChI is InChI=1S/C10H19N3O3S/c1-3-5-6-13(4-2)17(15,16)10-9(8-14)7-11-12-10/h7,14H,3-6,8H2,1-2H3,(H,11,12). The monoisotopic (exact) mass is 261 g/mol. The third-order valence-corrected chi connectivity index (χ3v) is 4.55. The van der Waals surface area contributed by atoms with E-state index in [9.17, 15) is 8.42 Å². The maximum atomic E-state index is 12.3. The molecule has 0 amide bonds. The van der Waals surface area contributed by atoms with Crippen LogP contribution in [0.15, 0.2) is 11.2 Å². The van der Waals surface area contributed by atoms with Crippen molar-refractivity contribution in [3.05, 3.63) is 11.8 Å². The summed E-state index contributed by atoms with van der Waals surface area (Å²) in [6.45, 7) is 4.36. The number of unbranched alkanes of at least 4 members (excludes halogenated alkanes) is 1. The van der Waals surface area contributed by atoms with Gasteiger partial charge in [0.05, 0.1) is 12.8 Å². The Kier molecular flexibility index (Phi) is 5.10. The van der Waals surface area contributed by atoms with Crippen LogP contribution in [0.3, 0.4) is 0 Å². The van der Waals surface area contributed by atoms with Crippen LogP contribution in [0.4, 0.5) is 0 Å². The number of hydrogen-bond acceptors (Lipinski definition) is 4. The average Bonchev–Trinajstić information content (AvgIpc) is 2.78. The third-order valence-electron chi connectivity index (χ3n) is 2.56. The van der Waals surface area contributed by atoms with Crippen LogP contribution in [0.2, 0.25) is 0 Å². The molecule has 0 spiro atoms. The molecule has 0 unspecified atom stereocenters. The largest absolute Gasteiger partial charge is 0.392 e. The number of nitrogens with one attached hydrogen (secondary N) is 1. The quantitative estimate of drug-likeness (QED) is 0.757.